The van der Waals surface area contributed by atoms with Crippen LogP contribution in [0.2, 0.25) is 0 Å². The first kappa shape index (κ1) is 33.5. The molecular formula is C52H43NO. The predicted molar refractivity (Wildman–Crippen MR) is 229 cm³/mol. The minimum Gasteiger partial charge on any atom is -0.488 e. The minimum absolute atomic E-state index is 0.496. The Labute approximate surface area is 318 Å². The van der Waals surface area contributed by atoms with E-state index < -0.39 is 0 Å². The number of hydrogen-bond donors (Lipinski definition) is 0. The van der Waals surface area contributed by atoms with Crippen molar-refractivity contribution in [2.75, 3.05) is 4.90 Å². The molecule has 2 heteroatoms. The van der Waals surface area contributed by atoms with E-state index in [-0.39, 0.29) is 0 Å². The van der Waals surface area contributed by atoms with Crippen molar-refractivity contribution >= 4 is 44.2 Å². The third-order valence-electron chi connectivity index (χ3n) is 10.9. The maximum Gasteiger partial charge on any atom is 0.132 e. The van der Waals surface area contributed by atoms with Crippen LogP contribution in [0, 0.1) is 6.92 Å². The second-order valence-electron chi connectivity index (χ2n) is 14.3. The Morgan fingerprint density at radius 1 is 0.519 bits per heavy atom. The first-order valence-corrected chi connectivity index (χ1v) is 19.2. The lowest BCUT2D eigenvalue weighted by atomic mass is 9.87. The molecule has 0 saturated heterocycles. The quantitative estimate of drug-likeness (QED) is 0.149. The van der Waals surface area contributed by atoms with E-state index in [1.54, 1.807) is 0 Å². The molecule has 8 aromatic rings. The van der Waals surface area contributed by atoms with Crippen molar-refractivity contribution in [3.05, 3.63) is 199 Å². The molecule has 0 unspecified atom stereocenters. The summed E-state index contributed by atoms with van der Waals surface area (Å²) >= 11 is 0. The largest absolute Gasteiger partial charge is 0.488 e. The van der Waals surface area contributed by atoms with Crippen LogP contribution in [0.3, 0.4) is 0 Å². The summed E-state index contributed by atoms with van der Waals surface area (Å²) in [6, 6.07) is 63.5. The van der Waals surface area contributed by atoms with Gasteiger partial charge in [0, 0.05) is 22.3 Å². The van der Waals surface area contributed by atoms with Gasteiger partial charge in [0.05, 0.1) is 5.69 Å². The SMILES string of the molecule is Cc1c(N(c2ccc(-c3ccccc3)cc2)c2cccc(-c3ccc(C4=CCCCC4)c4ccccc34)c2)cc2ccccc2c1OCc1ccccc1. The van der Waals surface area contributed by atoms with Crippen LogP contribution in [-0.2, 0) is 6.61 Å². The van der Waals surface area contributed by atoms with Crippen molar-refractivity contribution in [3.63, 3.8) is 0 Å². The number of fused-ring (bicyclic) bond motifs is 2. The Kier molecular flexibility index (Phi) is 9.25. The molecule has 54 heavy (non-hydrogen) atoms. The summed E-state index contributed by atoms with van der Waals surface area (Å²) in [6.07, 6.45) is 7.33. The molecule has 0 N–H and O–H groups in total. The lowest BCUT2D eigenvalue weighted by Gasteiger charge is -2.29. The second-order valence-corrected chi connectivity index (χ2v) is 14.3. The van der Waals surface area contributed by atoms with Crippen LogP contribution in [-0.4, -0.2) is 0 Å². The average Bonchev–Trinajstić information content (AvgIpc) is 3.24. The Balaban J connectivity index is 1.20. The smallest absolute Gasteiger partial charge is 0.132 e. The molecule has 262 valence electrons. The fourth-order valence-electron chi connectivity index (χ4n) is 8.14. The molecule has 2 nitrogen and oxygen atoms in total. The highest BCUT2D eigenvalue weighted by molar-refractivity contribution is 6.03. The van der Waals surface area contributed by atoms with Gasteiger partial charge in [0.1, 0.15) is 12.4 Å². The fraction of sp³-hybridized carbons (Fsp3) is 0.115. The van der Waals surface area contributed by atoms with Crippen LogP contribution in [0.25, 0.3) is 49.4 Å². The molecule has 0 spiro atoms. The first-order chi connectivity index (χ1) is 26.7. The predicted octanol–water partition coefficient (Wildman–Crippen LogP) is 14.6. The van der Waals surface area contributed by atoms with Gasteiger partial charge in [-0.05, 0) is 118 Å². The summed E-state index contributed by atoms with van der Waals surface area (Å²) in [4.78, 5) is 2.40. The van der Waals surface area contributed by atoms with Crippen LogP contribution in [0.1, 0.15) is 42.4 Å². The number of rotatable bonds is 9. The van der Waals surface area contributed by atoms with Crippen molar-refractivity contribution in [1.29, 1.82) is 0 Å². The van der Waals surface area contributed by atoms with Gasteiger partial charge in [0.2, 0.25) is 0 Å². The zero-order valence-electron chi connectivity index (χ0n) is 30.7. The minimum atomic E-state index is 0.496. The number of anilines is 3. The van der Waals surface area contributed by atoms with Gasteiger partial charge in [0.25, 0.3) is 0 Å². The topological polar surface area (TPSA) is 12.5 Å². The van der Waals surface area contributed by atoms with Gasteiger partial charge in [-0.25, -0.2) is 0 Å². The summed E-state index contributed by atoms with van der Waals surface area (Å²) in [7, 11) is 0. The molecule has 0 aromatic heterocycles. The van der Waals surface area contributed by atoms with Crippen LogP contribution in [0.4, 0.5) is 17.1 Å². The lowest BCUT2D eigenvalue weighted by Crippen LogP contribution is -2.12. The number of hydrogen-bond acceptors (Lipinski definition) is 2. The zero-order valence-corrected chi connectivity index (χ0v) is 30.7. The van der Waals surface area contributed by atoms with E-state index in [1.165, 1.54) is 63.4 Å². The maximum absolute atomic E-state index is 6.75. The molecular weight excluding hydrogens is 655 g/mol. The highest BCUT2D eigenvalue weighted by Gasteiger charge is 2.21. The van der Waals surface area contributed by atoms with Crippen LogP contribution < -0.4 is 9.64 Å². The summed E-state index contributed by atoms with van der Waals surface area (Å²) in [6.45, 7) is 2.69. The second kappa shape index (κ2) is 14.9. The molecule has 0 fully saturated rings. The van der Waals surface area contributed by atoms with E-state index >= 15 is 0 Å². The van der Waals surface area contributed by atoms with Gasteiger partial charge in [-0.1, -0.05) is 152 Å². The third-order valence-corrected chi connectivity index (χ3v) is 10.9. The van der Waals surface area contributed by atoms with E-state index in [1.807, 2.05) is 6.07 Å². The highest BCUT2D eigenvalue weighted by Crippen LogP contribution is 2.45. The number of allylic oxidation sites excluding steroid dienone is 2. The summed E-state index contributed by atoms with van der Waals surface area (Å²) < 4.78 is 6.75. The summed E-state index contributed by atoms with van der Waals surface area (Å²) in [5, 5.41) is 4.87. The Bertz CT molecular complexity index is 2600. The Hall–Kier alpha value is -6.38. The Morgan fingerprint density at radius 2 is 1.17 bits per heavy atom. The molecule has 0 bridgehead atoms. The molecule has 0 saturated carbocycles. The van der Waals surface area contributed by atoms with Gasteiger partial charge >= 0.3 is 0 Å². The molecule has 9 rings (SSSR count). The molecule has 0 atom stereocenters. The van der Waals surface area contributed by atoms with Gasteiger partial charge in [-0.15, -0.1) is 0 Å². The van der Waals surface area contributed by atoms with Crippen molar-refractivity contribution in [2.24, 2.45) is 0 Å². The Morgan fingerprint density at radius 3 is 1.93 bits per heavy atom. The first-order valence-electron chi connectivity index (χ1n) is 19.2. The van der Waals surface area contributed by atoms with Gasteiger partial charge in [-0.3, -0.25) is 0 Å². The van der Waals surface area contributed by atoms with Crippen LogP contribution in [0.5, 0.6) is 5.75 Å². The maximum atomic E-state index is 6.75. The molecule has 1 aliphatic rings. The number of ether oxygens (including phenoxy) is 1. The fourth-order valence-corrected chi connectivity index (χ4v) is 8.14. The number of nitrogens with zero attached hydrogens (tertiary/aromatic N) is 1. The molecule has 0 heterocycles. The van der Waals surface area contributed by atoms with Gasteiger partial charge < -0.3 is 9.64 Å². The lowest BCUT2D eigenvalue weighted by molar-refractivity contribution is 0.308. The van der Waals surface area contributed by atoms with Crippen molar-refractivity contribution < 1.29 is 4.74 Å². The van der Waals surface area contributed by atoms with E-state index in [2.05, 4.69) is 188 Å². The molecule has 1 aliphatic carbocycles. The average molecular weight is 698 g/mol. The van der Waals surface area contributed by atoms with Gasteiger partial charge in [-0.2, -0.15) is 0 Å². The third kappa shape index (κ3) is 6.57. The van der Waals surface area contributed by atoms with Gasteiger partial charge in [0.15, 0.2) is 0 Å². The van der Waals surface area contributed by atoms with E-state index in [0.717, 1.165) is 51.1 Å². The van der Waals surface area contributed by atoms with Crippen molar-refractivity contribution in [3.8, 4) is 28.0 Å². The standard InChI is InChI=1S/C52H43NO/c1-37-51(35-43-22-11-12-25-48(43)52(37)54-36-38-16-5-2-6-17-38)53(44-30-28-40(29-31-44)39-18-7-3-8-19-39)45-24-15-23-42(34-45)47-33-32-46(41-20-9-4-10-21-41)49-26-13-14-27-50(47)49/h2-3,5-8,11-20,22-35H,4,9-10,21,36H2,1H3. The van der Waals surface area contributed by atoms with E-state index in [0.29, 0.717) is 6.61 Å². The number of benzene rings is 8. The van der Waals surface area contributed by atoms with Crippen LogP contribution >= 0.6 is 0 Å². The molecule has 0 aliphatic heterocycles. The van der Waals surface area contributed by atoms with Crippen molar-refractivity contribution in [2.45, 2.75) is 39.2 Å². The van der Waals surface area contributed by atoms with Crippen molar-refractivity contribution in [1.82, 2.24) is 0 Å². The zero-order chi connectivity index (χ0) is 36.3. The molecule has 8 aromatic carbocycles. The monoisotopic (exact) mass is 697 g/mol. The normalized spacial score (nSPS) is 12.8. The summed E-state index contributed by atoms with van der Waals surface area (Å²) in [5.41, 5.74) is 13.2. The highest BCUT2D eigenvalue weighted by atomic mass is 16.5. The summed E-state index contributed by atoms with van der Waals surface area (Å²) in [5.74, 6) is 0.910. The molecule has 0 radical (unpaired) electrons. The van der Waals surface area contributed by atoms with E-state index in [4.69, 9.17) is 4.74 Å². The van der Waals surface area contributed by atoms with Crippen LogP contribution in [0.15, 0.2) is 182 Å². The molecule has 0 amide bonds. The van der Waals surface area contributed by atoms with E-state index in [9.17, 15) is 0 Å².